The van der Waals surface area contributed by atoms with E-state index in [0.29, 0.717) is 17.0 Å². The maximum Gasteiger partial charge on any atom is 0.292 e. The zero-order valence-corrected chi connectivity index (χ0v) is 16.7. The van der Waals surface area contributed by atoms with Gasteiger partial charge in [0.15, 0.2) is 5.69 Å². The van der Waals surface area contributed by atoms with Crippen molar-refractivity contribution in [3.8, 4) is 5.75 Å². The summed E-state index contributed by atoms with van der Waals surface area (Å²) < 4.78 is 6.92. The van der Waals surface area contributed by atoms with Crippen LogP contribution in [0, 0.1) is 6.92 Å². The van der Waals surface area contributed by atoms with Crippen LogP contribution >= 0.6 is 0 Å². The van der Waals surface area contributed by atoms with Crippen molar-refractivity contribution in [3.05, 3.63) is 59.7 Å². The number of nitrogens with zero attached hydrogens (tertiary/aromatic N) is 2. The molecular weight excluding hydrogens is 356 g/mol. The van der Waals surface area contributed by atoms with E-state index in [-0.39, 0.29) is 17.4 Å². The van der Waals surface area contributed by atoms with E-state index in [1.165, 1.54) is 0 Å². The maximum absolute atomic E-state index is 12.9. The van der Waals surface area contributed by atoms with Crippen molar-refractivity contribution >= 4 is 23.0 Å². The number of aryl methyl sites for hydroxylation is 1. The van der Waals surface area contributed by atoms with Crippen LogP contribution in [0.2, 0.25) is 0 Å². The quantitative estimate of drug-likeness (QED) is 0.726. The highest BCUT2D eigenvalue weighted by Crippen LogP contribution is 2.26. The molecule has 1 aromatic carbocycles. The van der Waals surface area contributed by atoms with Crippen molar-refractivity contribution in [3.63, 3.8) is 0 Å². The highest BCUT2D eigenvalue weighted by molar-refractivity contribution is 6.06. The number of anilines is 1. The van der Waals surface area contributed by atoms with Crippen molar-refractivity contribution in [1.82, 2.24) is 14.7 Å². The first-order valence-corrected chi connectivity index (χ1v) is 8.95. The minimum Gasteiger partial charge on any atom is -0.495 e. The number of aromatic nitrogens is 2. The Hall–Kier alpha value is -3.35. The molecule has 146 valence electrons. The minimum atomic E-state index is -0.431. The van der Waals surface area contributed by atoms with E-state index in [4.69, 9.17) is 4.74 Å². The van der Waals surface area contributed by atoms with Crippen LogP contribution in [-0.2, 0) is 0 Å². The summed E-state index contributed by atoms with van der Waals surface area (Å²) >= 11 is 0. The molecule has 0 radical (unpaired) electrons. The fourth-order valence-corrected chi connectivity index (χ4v) is 2.86. The Bertz CT molecular complexity index is 1050. The Kier molecular flexibility index (Phi) is 5.09. The number of hydrogen-bond donors (Lipinski definition) is 2. The predicted octanol–water partition coefficient (Wildman–Crippen LogP) is 3.43. The van der Waals surface area contributed by atoms with Gasteiger partial charge in [-0.25, -0.2) is 4.98 Å². The van der Waals surface area contributed by atoms with E-state index in [9.17, 15) is 9.59 Å². The molecule has 0 saturated carbocycles. The number of nitrogens with one attached hydrogen (secondary N) is 2. The molecule has 0 spiro atoms. The lowest BCUT2D eigenvalue weighted by Crippen LogP contribution is -2.40. The van der Waals surface area contributed by atoms with Crippen LogP contribution in [0.3, 0.4) is 0 Å². The summed E-state index contributed by atoms with van der Waals surface area (Å²) in [7, 11) is 1.54. The summed E-state index contributed by atoms with van der Waals surface area (Å²) in [6.45, 7) is 7.59. The number of carbonyl (C=O) groups is 2. The Morgan fingerprint density at radius 3 is 2.54 bits per heavy atom. The molecular formula is C21H24N4O3. The molecule has 0 saturated heterocycles. The number of hydrogen-bond acceptors (Lipinski definition) is 4. The topological polar surface area (TPSA) is 84.7 Å². The first-order valence-electron chi connectivity index (χ1n) is 8.95. The molecule has 7 heteroatoms. The summed E-state index contributed by atoms with van der Waals surface area (Å²) in [5.74, 6) is -0.0907. The van der Waals surface area contributed by atoms with Gasteiger partial charge in [-0.2, -0.15) is 0 Å². The molecule has 0 aliphatic carbocycles. The lowest BCUT2D eigenvalue weighted by Gasteiger charge is -2.19. The second-order valence-electron chi connectivity index (χ2n) is 7.60. The van der Waals surface area contributed by atoms with Crippen molar-refractivity contribution in [2.75, 3.05) is 12.4 Å². The Labute approximate surface area is 163 Å². The van der Waals surface area contributed by atoms with Gasteiger partial charge in [0.25, 0.3) is 11.8 Å². The van der Waals surface area contributed by atoms with Gasteiger partial charge >= 0.3 is 0 Å². The number of rotatable bonds is 4. The third-order valence-electron chi connectivity index (χ3n) is 4.06. The van der Waals surface area contributed by atoms with Crippen LogP contribution in [0.4, 0.5) is 5.69 Å². The molecule has 2 aromatic heterocycles. The third kappa shape index (κ3) is 3.98. The molecule has 2 heterocycles. The molecule has 0 unspecified atom stereocenters. The van der Waals surface area contributed by atoms with E-state index < -0.39 is 11.4 Å². The van der Waals surface area contributed by atoms with Crippen LogP contribution in [-0.4, -0.2) is 33.8 Å². The molecule has 0 fully saturated rings. The van der Waals surface area contributed by atoms with Gasteiger partial charge < -0.3 is 15.4 Å². The molecule has 2 N–H and O–H groups in total. The van der Waals surface area contributed by atoms with Gasteiger partial charge in [0.05, 0.1) is 18.3 Å². The summed E-state index contributed by atoms with van der Waals surface area (Å²) in [6.07, 6.45) is 1.71. The minimum absolute atomic E-state index is 0.123. The van der Waals surface area contributed by atoms with Crippen LogP contribution in [0.5, 0.6) is 5.75 Å². The van der Waals surface area contributed by atoms with Crippen LogP contribution in [0.15, 0.2) is 42.6 Å². The number of benzene rings is 1. The van der Waals surface area contributed by atoms with Gasteiger partial charge in [0, 0.05) is 11.7 Å². The normalized spacial score (nSPS) is 11.3. The number of carbonyl (C=O) groups excluding carboxylic acids is 2. The smallest absolute Gasteiger partial charge is 0.292 e. The summed E-state index contributed by atoms with van der Waals surface area (Å²) in [4.78, 5) is 30.0. The zero-order valence-electron chi connectivity index (χ0n) is 16.7. The average molecular weight is 380 g/mol. The first kappa shape index (κ1) is 19.4. The number of amides is 2. The molecule has 7 nitrogen and oxygen atoms in total. The lowest BCUT2D eigenvalue weighted by molar-refractivity contribution is 0.0916. The number of pyridine rings is 1. The van der Waals surface area contributed by atoms with Crippen LogP contribution in [0.1, 0.15) is 47.4 Å². The summed E-state index contributed by atoms with van der Waals surface area (Å²) in [5.41, 5.74) is 1.87. The highest BCUT2D eigenvalue weighted by Gasteiger charge is 2.24. The van der Waals surface area contributed by atoms with Crippen molar-refractivity contribution in [1.29, 1.82) is 0 Å². The van der Waals surface area contributed by atoms with Crippen molar-refractivity contribution in [2.45, 2.75) is 33.2 Å². The molecule has 3 rings (SSSR count). The van der Waals surface area contributed by atoms with E-state index >= 15 is 0 Å². The van der Waals surface area contributed by atoms with Crippen molar-refractivity contribution < 1.29 is 14.3 Å². The second-order valence-corrected chi connectivity index (χ2v) is 7.60. The van der Waals surface area contributed by atoms with Gasteiger partial charge in [-0.3, -0.25) is 14.0 Å². The van der Waals surface area contributed by atoms with Crippen molar-refractivity contribution in [2.24, 2.45) is 0 Å². The first-order chi connectivity index (χ1) is 13.2. The zero-order chi connectivity index (χ0) is 20.5. The van der Waals surface area contributed by atoms with E-state index in [2.05, 4.69) is 15.6 Å². The molecule has 0 aliphatic heterocycles. The maximum atomic E-state index is 12.9. The average Bonchev–Trinajstić information content (AvgIpc) is 3.00. The van der Waals surface area contributed by atoms with E-state index in [0.717, 1.165) is 5.56 Å². The fraction of sp³-hybridized carbons (Fsp3) is 0.286. The van der Waals surface area contributed by atoms with E-state index in [1.54, 1.807) is 42.0 Å². The summed E-state index contributed by atoms with van der Waals surface area (Å²) in [6, 6.07) is 10.8. The van der Waals surface area contributed by atoms with Gasteiger partial charge in [-0.05, 0) is 57.5 Å². The molecule has 3 aromatic rings. The predicted molar refractivity (Wildman–Crippen MR) is 108 cm³/mol. The highest BCUT2D eigenvalue weighted by atomic mass is 16.5. The second kappa shape index (κ2) is 7.34. The number of methoxy groups -OCH3 is 1. The Morgan fingerprint density at radius 2 is 1.86 bits per heavy atom. The third-order valence-corrected chi connectivity index (χ3v) is 4.06. The van der Waals surface area contributed by atoms with Gasteiger partial charge in [0.2, 0.25) is 5.82 Å². The fourth-order valence-electron chi connectivity index (χ4n) is 2.86. The Morgan fingerprint density at radius 1 is 1.11 bits per heavy atom. The van der Waals surface area contributed by atoms with Gasteiger partial charge in [-0.15, -0.1) is 0 Å². The number of ether oxygens (including phenoxy) is 1. The van der Waals surface area contributed by atoms with Crippen LogP contribution in [0.25, 0.3) is 5.52 Å². The van der Waals surface area contributed by atoms with E-state index in [1.807, 2.05) is 39.8 Å². The standard InChI is InChI=1S/C21H24N4O3/c1-13-9-10-16(28-5)14(12-13)22-20(27)18-23-17(19(26)24-21(2,3)4)15-8-6-7-11-25(15)18/h6-12H,1-5H3,(H,22,27)(H,24,26). The largest absolute Gasteiger partial charge is 0.495 e. The monoisotopic (exact) mass is 380 g/mol. The molecule has 2 amide bonds. The number of fused-ring (bicyclic) bond motifs is 1. The Balaban J connectivity index is 2.01. The SMILES string of the molecule is COc1ccc(C)cc1NC(=O)c1nc(C(=O)NC(C)(C)C)c2ccccn12. The molecule has 28 heavy (non-hydrogen) atoms. The van der Waals surface area contributed by atoms with Crippen LogP contribution < -0.4 is 15.4 Å². The molecule has 0 aliphatic rings. The molecule has 0 bridgehead atoms. The van der Waals surface area contributed by atoms with Gasteiger partial charge in [0.1, 0.15) is 5.75 Å². The lowest BCUT2D eigenvalue weighted by atomic mass is 10.1. The van der Waals surface area contributed by atoms with Gasteiger partial charge in [-0.1, -0.05) is 12.1 Å². The summed E-state index contributed by atoms with van der Waals surface area (Å²) in [5, 5.41) is 5.72. The number of imidazole rings is 1. The molecule has 0 atom stereocenters.